The van der Waals surface area contributed by atoms with Crippen molar-refractivity contribution in [1.82, 2.24) is 9.97 Å². The van der Waals surface area contributed by atoms with E-state index in [9.17, 15) is 8.78 Å². The third-order valence-electron chi connectivity index (χ3n) is 2.18. The molecule has 0 saturated heterocycles. The van der Waals surface area contributed by atoms with Gasteiger partial charge in [-0.15, -0.1) is 0 Å². The molecule has 0 bridgehead atoms. The van der Waals surface area contributed by atoms with E-state index in [2.05, 4.69) is 9.97 Å². The molecule has 1 aromatic heterocycles. The Morgan fingerprint density at radius 1 is 1.28 bits per heavy atom. The lowest BCUT2D eigenvalue weighted by Crippen LogP contribution is -2.10. The maximum Gasteiger partial charge on any atom is 0.318 e. The van der Waals surface area contributed by atoms with E-state index in [-0.39, 0.29) is 23.9 Å². The van der Waals surface area contributed by atoms with Crippen LogP contribution in [0.1, 0.15) is 5.56 Å². The predicted octanol–water partition coefficient (Wildman–Crippen LogP) is 0.710. The van der Waals surface area contributed by atoms with Gasteiger partial charge in [0.25, 0.3) is 0 Å². The third-order valence-corrected chi connectivity index (χ3v) is 2.18. The van der Waals surface area contributed by atoms with Crippen molar-refractivity contribution in [3.05, 3.63) is 41.6 Å². The van der Waals surface area contributed by atoms with Gasteiger partial charge in [0.2, 0.25) is 0 Å². The first-order valence-corrected chi connectivity index (χ1v) is 5.01. The van der Waals surface area contributed by atoms with E-state index in [1.54, 1.807) is 0 Å². The van der Waals surface area contributed by atoms with Gasteiger partial charge in [-0.05, 0) is 11.6 Å². The topological polar surface area (TPSA) is 61.0 Å². The van der Waals surface area contributed by atoms with Crippen LogP contribution in [-0.4, -0.2) is 17.8 Å². The number of hydrogen-bond donors (Lipinski definition) is 1. The number of ether oxygens (including phenoxy) is 1. The molecule has 0 saturated carbocycles. The lowest BCUT2D eigenvalue weighted by Gasteiger charge is -2.06. The maximum absolute atomic E-state index is 12.9. The van der Waals surface area contributed by atoms with Crippen molar-refractivity contribution in [1.29, 1.82) is 0 Å². The highest BCUT2D eigenvalue weighted by atomic mass is 19.1. The summed E-state index contributed by atoms with van der Waals surface area (Å²) in [5.41, 5.74) is 5.92. The van der Waals surface area contributed by atoms with E-state index >= 15 is 0 Å². The quantitative estimate of drug-likeness (QED) is 0.811. The summed E-state index contributed by atoms with van der Waals surface area (Å²) in [5.74, 6) is -1.51. The van der Waals surface area contributed by atoms with Crippen molar-refractivity contribution in [2.75, 3.05) is 5.73 Å². The van der Waals surface area contributed by atoms with Crippen molar-refractivity contribution >= 4 is 19.1 Å². The fourth-order valence-electron chi connectivity index (χ4n) is 1.26. The number of anilines is 1. The number of rotatable bonds is 3. The minimum atomic E-state index is -0.714. The van der Waals surface area contributed by atoms with Crippen LogP contribution in [0.2, 0.25) is 0 Å². The third kappa shape index (κ3) is 2.74. The van der Waals surface area contributed by atoms with Gasteiger partial charge < -0.3 is 10.5 Å². The van der Waals surface area contributed by atoms with Crippen LogP contribution in [0.5, 0.6) is 6.01 Å². The Labute approximate surface area is 103 Å². The Morgan fingerprint density at radius 3 is 2.72 bits per heavy atom. The molecule has 0 amide bonds. The van der Waals surface area contributed by atoms with Crippen molar-refractivity contribution in [2.45, 2.75) is 6.61 Å². The standard InChI is InChI=1S/C11H8BF2N3O/c12-7-3-6(1-2-8(7)13)5-18-11-16-4-9(14)10(15)17-11/h1-4H,5H2,(H2,15,16,17). The highest BCUT2D eigenvalue weighted by Gasteiger charge is 2.05. The number of nitrogens with two attached hydrogens (primary N) is 1. The second-order valence-electron chi connectivity index (χ2n) is 3.53. The summed E-state index contributed by atoms with van der Waals surface area (Å²) in [5, 5.41) is 0. The molecule has 0 fully saturated rings. The highest BCUT2D eigenvalue weighted by Crippen LogP contribution is 2.11. The fourth-order valence-corrected chi connectivity index (χ4v) is 1.26. The van der Waals surface area contributed by atoms with Gasteiger partial charge in [0.15, 0.2) is 11.6 Å². The Hall–Kier alpha value is -2.18. The molecule has 4 nitrogen and oxygen atoms in total. The second kappa shape index (κ2) is 4.99. The van der Waals surface area contributed by atoms with E-state index in [0.29, 0.717) is 5.56 Å². The molecule has 1 heterocycles. The molecule has 90 valence electrons. The maximum atomic E-state index is 12.9. The summed E-state index contributed by atoms with van der Waals surface area (Å²) >= 11 is 0. The van der Waals surface area contributed by atoms with Gasteiger partial charge >= 0.3 is 6.01 Å². The van der Waals surface area contributed by atoms with Crippen LogP contribution in [0, 0.1) is 11.6 Å². The van der Waals surface area contributed by atoms with Crippen molar-refractivity contribution in [3.63, 3.8) is 0 Å². The van der Waals surface area contributed by atoms with Crippen molar-refractivity contribution in [2.24, 2.45) is 0 Å². The number of benzene rings is 1. The van der Waals surface area contributed by atoms with Crippen LogP contribution in [-0.2, 0) is 6.61 Å². The van der Waals surface area contributed by atoms with Crippen LogP contribution in [0.25, 0.3) is 0 Å². The van der Waals surface area contributed by atoms with Crippen LogP contribution in [0.15, 0.2) is 24.4 Å². The summed E-state index contributed by atoms with van der Waals surface area (Å²) in [6.45, 7) is 0.0789. The highest BCUT2D eigenvalue weighted by molar-refractivity contribution is 6.32. The van der Waals surface area contributed by atoms with Crippen molar-refractivity contribution in [3.8, 4) is 6.01 Å². The Morgan fingerprint density at radius 2 is 2.06 bits per heavy atom. The average Bonchev–Trinajstić information content (AvgIpc) is 2.35. The molecule has 0 spiro atoms. The molecule has 2 N–H and O–H groups in total. The van der Waals surface area contributed by atoms with E-state index in [0.717, 1.165) is 6.20 Å². The van der Waals surface area contributed by atoms with Crippen LogP contribution < -0.4 is 15.9 Å². The Kier molecular flexibility index (Phi) is 3.41. The van der Waals surface area contributed by atoms with Gasteiger partial charge in [0.05, 0.1) is 6.20 Å². The fraction of sp³-hybridized carbons (Fsp3) is 0.0909. The second-order valence-corrected chi connectivity index (χ2v) is 3.53. The smallest absolute Gasteiger partial charge is 0.318 e. The van der Waals surface area contributed by atoms with Gasteiger partial charge in [0.1, 0.15) is 20.3 Å². The number of nitrogens with zero attached hydrogens (tertiary/aromatic N) is 2. The van der Waals surface area contributed by atoms with Crippen LogP contribution >= 0.6 is 0 Å². The van der Waals surface area contributed by atoms with Crippen LogP contribution in [0.4, 0.5) is 14.6 Å². The molecule has 0 aliphatic carbocycles. The van der Waals surface area contributed by atoms with Gasteiger partial charge in [-0.3, -0.25) is 0 Å². The monoisotopic (exact) mass is 247 g/mol. The van der Waals surface area contributed by atoms with Gasteiger partial charge in [0, 0.05) is 0 Å². The molecule has 0 aliphatic rings. The molecule has 2 rings (SSSR count). The minimum Gasteiger partial charge on any atom is -0.459 e. The zero-order valence-corrected chi connectivity index (χ0v) is 9.23. The molecule has 7 heteroatoms. The molecule has 0 unspecified atom stereocenters. The van der Waals surface area contributed by atoms with Crippen molar-refractivity contribution < 1.29 is 13.5 Å². The normalized spacial score (nSPS) is 10.3. The molecule has 2 aromatic rings. The summed E-state index contributed by atoms with van der Waals surface area (Å²) in [6.07, 6.45) is 0.913. The largest absolute Gasteiger partial charge is 0.459 e. The molecule has 2 radical (unpaired) electrons. The average molecular weight is 247 g/mol. The summed E-state index contributed by atoms with van der Waals surface area (Å²) in [7, 11) is 5.40. The minimum absolute atomic E-state index is 0.0237. The summed E-state index contributed by atoms with van der Waals surface area (Å²) < 4.78 is 30.9. The Balaban J connectivity index is 2.06. The number of nitrogen functional groups attached to an aromatic ring is 1. The first-order chi connectivity index (χ1) is 8.56. The zero-order chi connectivity index (χ0) is 13.1. The molecular formula is C11H8BF2N3O. The van der Waals surface area contributed by atoms with Gasteiger partial charge in [-0.2, -0.15) is 4.98 Å². The van der Waals surface area contributed by atoms with Gasteiger partial charge in [-0.1, -0.05) is 17.6 Å². The summed E-state index contributed by atoms with van der Waals surface area (Å²) in [6, 6.07) is 4.12. The predicted molar refractivity (Wildman–Crippen MR) is 62.5 cm³/mol. The van der Waals surface area contributed by atoms with E-state index in [1.165, 1.54) is 18.2 Å². The van der Waals surface area contributed by atoms with E-state index in [1.807, 2.05) is 0 Å². The number of halogens is 2. The molecular weight excluding hydrogens is 239 g/mol. The van der Waals surface area contributed by atoms with Gasteiger partial charge in [-0.25, -0.2) is 13.8 Å². The first kappa shape index (κ1) is 12.3. The number of hydrogen-bond acceptors (Lipinski definition) is 4. The molecule has 18 heavy (non-hydrogen) atoms. The molecule has 1 aromatic carbocycles. The zero-order valence-electron chi connectivity index (χ0n) is 9.23. The SMILES string of the molecule is [B]c1cc(COc2ncc(F)c(N)n2)ccc1F. The van der Waals surface area contributed by atoms with E-state index in [4.69, 9.17) is 18.3 Å². The number of aromatic nitrogens is 2. The Bertz CT molecular complexity index is 529. The molecule has 0 aliphatic heterocycles. The first-order valence-electron chi connectivity index (χ1n) is 5.01. The lowest BCUT2D eigenvalue weighted by molar-refractivity contribution is 0.280. The molecule has 0 atom stereocenters. The lowest BCUT2D eigenvalue weighted by atomic mass is 9.94. The van der Waals surface area contributed by atoms with E-state index < -0.39 is 11.6 Å². The van der Waals surface area contributed by atoms with Crippen LogP contribution in [0.3, 0.4) is 0 Å². The summed E-state index contributed by atoms with van der Waals surface area (Å²) in [4.78, 5) is 7.19.